The molecular formula is C23H25N3O3S. The summed E-state index contributed by atoms with van der Waals surface area (Å²) >= 11 is 1.62. The number of ether oxygens (including phenoxy) is 1. The van der Waals surface area contributed by atoms with Crippen LogP contribution in [0.4, 0.5) is 5.13 Å². The second-order valence-corrected chi connectivity index (χ2v) is 8.46. The second-order valence-electron chi connectivity index (χ2n) is 7.40. The van der Waals surface area contributed by atoms with Gasteiger partial charge in [-0.3, -0.25) is 9.69 Å². The summed E-state index contributed by atoms with van der Waals surface area (Å²) in [6, 6.07) is 7.24. The van der Waals surface area contributed by atoms with Crippen LogP contribution < -0.4 is 9.64 Å². The Balaban J connectivity index is 1.54. The Bertz CT molecular complexity index is 1030. The maximum atomic E-state index is 13.3. The zero-order chi connectivity index (χ0) is 21.1. The van der Waals surface area contributed by atoms with Gasteiger partial charge in [-0.2, -0.15) is 0 Å². The molecule has 0 spiro atoms. The average Bonchev–Trinajstić information content (AvgIpc) is 3.33. The van der Waals surface area contributed by atoms with Crippen molar-refractivity contribution in [1.82, 2.24) is 10.1 Å². The number of carbonyl (C=O) groups is 1. The summed E-state index contributed by atoms with van der Waals surface area (Å²) in [5.74, 6) is 1.26. The molecule has 0 unspecified atom stereocenters. The molecule has 6 nitrogen and oxygen atoms in total. The summed E-state index contributed by atoms with van der Waals surface area (Å²) in [6.45, 7) is 8.32. The second kappa shape index (κ2) is 8.83. The Morgan fingerprint density at radius 3 is 2.90 bits per heavy atom. The van der Waals surface area contributed by atoms with E-state index in [0.29, 0.717) is 24.5 Å². The maximum absolute atomic E-state index is 13.3. The zero-order valence-electron chi connectivity index (χ0n) is 17.3. The third-order valence-corrected chi connectivity index (χ3v) is 6.45. The van der Waals surface area contributed by atoms with Crippen molar-refractivity contribution in [3.63, 3.8) is 0 Å². The predicted molar refractivity (Wildman–Crippen MR) is 117 cm³/mol. The lowest BCUT2D eigenvalue weighted by Crippen LogP contribution is -2.31. The van der Waals surface area contributed by atoms with Crippen LogP contribution in [0.15, 0.2) is 41.4 Å². The number of amides is 1. The molecule has 1 aromatic carbocycles. The number of hydrogen-bond acceptors (Lipinski definition) is 6. The van der Waals surface area contributed by atoms with Gasteiger partial charge in [0.2, 0.25) is 0 Å². The van der Waals surface area contributed by atoms with Crippen LogP contribution in [-0.2, 0) is 19.4 Å². The van der Waals surface area contributed by atoms with Gasteiger partial charge in [-0.25, -0.2) is 4.98 Å². The van der Waals surface area contributed by atoms with Gasteiger partial charge in [0.1, 0.15) is 18.1 Å². The van der Waals surface area contributed by atoms with Crippen LogP contribution in [0.25, 0.3) is 0 Å². The fourth-order valence-electron chi connectivity index (χ4n) is 3.57. The van der Waals surface area contributed by atoms with Gasteiger partial charge in [-0.05, 0) is 57.7 Å². The highest BCUT2D eigenvalue weighted by Gasteiger charge is 2.23. The molecule has 1 aliphatic rings. The minimum atomic E-state index is -0.108. The third kappa shape index (κ3) is 4.16. The highest BCUT2D eigenvalue weighted by molar-refractivity contribution is 7.16. The quantitative estimate of drug-likeness (QED) is 0.498. The monoisotopic (exact) mass is 423 g/mol. The number of aryl methyl sites for hydroxylation is 4. The number of fused-ring (bicyclic) bond motifs is 1. The molecule has 3 aromatic rings. The predicted octanol–water partition coefficient (Wildman–Crippen LogP) is 5.04. The van der Waals surface area contributed by atoms with E-state index in [1.54, 1.807) is 34.4 Å². The minimum Gasteiger partial charge on any atom is -0.489 e. The Labute approximate surface area is 180 Å². The number of benzene rings is 1. The normalized spacial score (nSPS) is 13.0. The molecule has 1 aliphatic carbocycles. The molecule has 0 aliphatic heterocycles. The van der Waals surface area contributed by atoms with E-state index in [2.05, 4.69) is 11.7 Å². The van der Waals surface area contributed by atoms with Crippen molar-refractivity contribution >= 4 is 22.4 Å². The van der Waals surface area contributed by atoms with E-state index in [4.69, 9.17) is 14.2 Å². The van der Waals surface area contributed by atoms with Gasteiger partial charge in [0.25, 0.3) is 5.91 Å². The fraction of sp³-hybridized carbons (Fsp3) is 0.348. The molecule has 1 amide bonds. The molecule has 156 valence electrons. The van der Waals surface area contributed by atoms with Crippen molar-refractivity contribution in [2.45, 2.75) is 46.1 Å². The van der Waals surface area contributed by atoms with E-state index in [0.717, 1.165) is 47.1 Å². The molecule has 0 saturated heterocycles. The van der Waals surface area contributed by atoms with Gasteiger partial charge in [0.05, 0.1) is 17.0 Å². The lowest BCUT2D eigenvalue weighted by Gasteiger charge is -2.18. The van der Waals surface area contributed by atoms with E-state index in [1.165, 1.54) is 11.3 Å². The highest BCUT2D eigenvalue weighted by Crippen LogP contribution is 2.32. The summed E-state index contributed by atoms with van der Waals surface area (Å²) < 4.78 is 11.1. The molecule has 0 radical (unpaired) electrons. The standard InChI is InChI=1S/C23H25N3O3S/c1-4-12-26(23-24-20-10-5-6-11-21(20)30-23)22(27)17-8-7-9-18(13-17)28-14-19-15(2)25-29-16(19)3/h4,7-9,13H,1,5-6,10-12,14H2,2-3H3. The van der Waals surface area contributed by atoms with Crippen molar-refractivity contribution < 1.29 is 14.1 Å². The van der Waals surface area contributed by atoms with Gasteiger partial charge in [-0.15, -0.1) is 17.9 Å². The summed E-state index contributed by atoms with van der Waals surface area (Å²) in [6.07, 6.45) is 6.13. The van der Waals surface area contributed by atoms with Crippen molar-refractivity contribution in [2.24, 2.45) is 0 Å². The lowest BCUT2D eigenvalue weighted by molar-refractivity contribution is 0.0989. The Morgan fingerprint density at radius 1 is 1.33 bits per heavy atom. The van der Waals surface area contributed by atoms with Crippen LogP contribution in [0.2, 0.25) is 0 Å². The first kappa shape index (κ1) is 20.3. The van der Waals surface area contributed by atoms with E-state index in [1.807, 2.05) is 26.0 Å². The van der Waals surface area contributed by atoms with Crippen LogP contribution in [0.3, 0.4) is 0 Å². The first-order chi connectivity index (χ1) is 14.6. The van der Waals surface area contributed by atoms with Crippen LogP contribution in [-0.4, -0.2) is 22.6 Å². The highest BCUT2D eigenvalue weighted by atomic mass is 32.1. The van der Waals surface area contributed by atoms with E-state index < -0.39 is 0 Å². The minimum absolute atomic E-state index is 0.108. The van der Waals surface area contributed by atoms with Crippen LogP contribution in [0, 0.1) is 13.8 Å². The van der Waals surface area contributed by atoms with Gasteiger partial charge in [0, 0.05) is 17.0 Å². The first-order valence-corrected chi connectivity index (χ1v) is 10.9. The van der Waals surface area contributed by atoms with E-state index in [-0.39, 0.29) is 5.91 Å². The average molecular weight is 424 g/mol. The number of aromatic nitrogens is 2. The largest absolute Gasteiger partial charge is 0.489 e. The molecule has 0 fully saturated rings. The smallest absolute Gasteiger partial charge is 0.260 e. The molecular weight excluding hydrogens is 398 g/mol. The first-order valence-electron chi connectivity index (χ1n) is 10.1. The summed E-state index contributed by atoms with van der Waals surface area (Å²) in [5.41, 5.74) is 3.43. The summed E-state index contributed by atoms with van der Waals surface area (Å²) in [7, 11) is 0. The van der Waals surface area contributed by atoms with Crippen LogP contribution in [0.1, 0.15) is 50.8 Å². The number of nitrogens with zero attached hydrogens (tertiary/aromatic N) is 3. The molecule has 0 N–H and O–H groups in total. The van der Waals surface area contributed by atoms with Gasteiger partial charge in [-0.1, -0.05) is 17.3 Å². The fourth-order valence-corrected chi connectivity index (χ4v) is 4.72. The van der Waals surface area contributed by atoms with Gasteiger partial charge >= 0.3 is 0 Å². The summed E-state index contributed by atoms with van der Waals surface area (Å²) in [5, 5.41) is 4.69. The number of rotatable bonds is 7. The number of thiazole rings is 1. The molecule has 0 bridgehead atoms. The topological polar surface area (TPSA) is 68.5 Å². The lowest BCUT2D eigenvalue weighted by atomic mass is 10.0. The third-order valence-electron chi connectivity index (χ3n) is 5.27. The van der Waals surface area contributed by atoms with Crippen molar-refractivity contribution in [1.29, 1.82) is 0 Å². The summed E-state index contributed by atoms with van der Waals surface area (Å²) in [4.78, 5) is 21.1. The van der Waals surface area contributed by atoms with Crippen LogP contribution >= 0.6 is 11.3 Å². The SMILES string of the molecule is C=CCN(C(=O)c1cccc(OCc2c(C)noc2C)c1)c1nc2c(s1)CCCC2. The van der Waals surface area contributed by atoms with Crippen LogP contribution in [0.5, 0.6) is 5.75 Å². The van der Waals surface area contributed by atoms with E-state index in [9.17, 15) is 4.79 Å². The number of hydrogen-bond donors (Lipinski definition) is 0. The van der Waals surface area contributed by atoms with Gasteiger partial charge in [0.15, 0.2) is 5.13 Å². The van der Waals surface area contributed by atoms with Gasteiger partial charge < -0.3 is 9.26 Å². The molecule has 2 heterocycles. The van der Waals surface area contributed by atoms with Crippen molar-refractivity contribution in [3.05, 3.63) is 70.1 Å². The molecule has 7 heteroatoms. The molecule has 30 heavy (non-hydrogen) atoms. The molecule has 0 saturated carbocycles. The molecule has 0 atom stereocenters. The number of carbonyl (C=O) groups excluding carboxylic acids is 1. The Kier molecular flexibility index (Phi) is 5.99. The molecule has 2 aromatic heterocycles. The van der Waals surface area contributed by atoms with Crippen molar-refractivity contribution in [2.75, 3.05) is 11.4 Å². The maximum Gasteiger partial charge on any atom is 0.260 e. The zero-order valence-corrected chi connectivity index (χ0v) is 18.1. The Morgan fingerprint density at radius 2 is 2.17 bits per heavy atom. The Hall–Kier alpha value is -2.93. The van der Waals surface area contributed by atoms with Crippen molar-refractivity contribution in [3.8, 4) is 5.75 Å². The van der Waals surface area contributed by atoms with E-state index >= 15 is 0 Å². The molecule has 4 rings (SSSR count). The number of anilines is 1.